The highest BCUT2D eigenvalue weighted by Crippen LogP contribution is 2.30. The SMILES string of the molecule is COc1ccc(NC(=O)c2cc3cccc(Br)c3o2)cc1NC(C)=O. The molecule has 7 heteroatoms. The predicted molar refractivity (Wildman–Crippen MR) is 99.2 cm³/mol. The van der Waals surface area contributed by atoms with Gasteiger partial charge in [0.15, 0.2) is 5.76 Å². The van der Waals surface area contributed by atoms with Gasteiger partial charge in [0.2, 0.25) is 5.91 Å². The molecule has 3 rings (SSSR count). The quantitative estimate of drug-likeness (QED) is 0.676. The zero-order valence-corrected chi connectivity index (χ0v) is 15.1. The normalized spacial score (nSPS) is 10.5. The summed E-state index contributed by atoms with van der Waals surface area (Å²) in [6.07, 6.45) is 0. The lowest BCUT2D eigenvalue weighted by molar-refractivity contribution is -0.114. The topological polar surface area (TPSA) is 80.6 Å². The lowest BCUT2D eigenvalue weighted by Gasteiger charge is -2.11. The van der Waals surface area contributed by atoms with Crippen molar-refractivity contribution in [1.29, 1.82) is 0 Å². The lowest BCUT2D eigenvalue weighted by atomic mass is 10.2. The molecule has 0 spiro atoms. The van der Waals surface area contributed by atoms with Crippen molar-refractivity contribution in [3.05, 3.63) is 52.7 Å². The van der Waals surface area contributed by atoms with Crippen LogP contribution in [0.1, 0.15) is 17.5 Å². The summed E-state index contributed by atoms with van der Waals surface area (Å²) >= 11 is 3.39. The molecule has 128 valence electrons. The number of hydrogen-bond donors (Lipinski definition) is 2. The van der Waals surface area contributed by atoms with Crippen molar-refractivity contribution in [2.75, 3.05) is 17.7 Å². The predicted octanol–water partition coefficient (Wildman–Crippen LogP) is 4.41. The fraction of sp³-hybridized carbons (Fsp3) is 0.111. The Morgan fingerprint density at radius 3 is 2.60 bits per heavy atom. The molecule has 2 N–H and O–H groups in total. The molecular weight excluding hydrogens is 388 g/mol. The van der Waals surface area contributed by atoms with Crippen LogP contribution in [0.2, 0.25) is 0 Å². The summed E-state index contributed by atoms with van der Waals surface area (Å²) in [5, 5.41) is 6.24. The number of hydrogen-bond acceptors (Lipinski definition) is 4. The van der Waals surface area contributed by atoms with E-state index in [9.17, 15) is 9.59 Å². The van der Waals surface area contributed by atoms with E-state index in [1.165, 1.54) is 14.0 Å². The molecule has 0 aliphatic heterocycles. The minimum absolute atomic E-state index is 0.193. The maximum atomic E-state index is 12.4. The van der Waals surface area contributed by atoms with Crippen LogP contribution in [-0.4, -0.2) is 18.9 Å². The van der Waals surface area contributed by atoms with Crippen molar-refractivity contribution >= 4 is 50.1 Å². The molecule has 0 atom stereocenters. The van der Waals surface area contributed by atoms with Gasteiger partial charge in [-0.05, 0) is 46.3 Å². The first-order valence-corrected chi connectivity index (χ1v) is 8.22. The summed E-state index contributed by atoms with van der Waals surface area (Å²) in [7, 11) is 1.51. The van der Waals surface area contributed by atoms with Gasteiger partial charge in [-0.25, -0.2) is 0 Å². The molecule has 6 nitrogen and oxygen atoms in total. The van der Waals surface area contributed by atoms with E-state index in [4.69, 9.17) is 9.15 Å². The van der Waals surface area contributed by atoms with Crippen molar-refractivity contribution in [2.24, 2.45) is 0 Å². The summed E-state index contributed by atoms with van der Waals surface area (Å²) in [6.45, 7) is 1.40. The van der Waals surface area contributed by atoms with Crippen LogP contribution in [0.5, 0.6) is 5.75 Å². The van der Waals surface area contributed by atoms with Crippen LogP contribution in [0.3, 0.4) is 0 Å². The van der Waals surface area contributed by atoms with E-state index < -0.39 is 0 Å². The van der Waals surface area contributed by atoms with Crippen LogP contribution in [-0.2, 0) is 4.79 Å². The largest absolute Gasteiger partial charge is 0.495 e. The average Bonchev–Trinajstić information content (AvgIpc) is 3.00. The van der Waals surface area contributed by atoms with E-state index in [0.29, 0.717) is 22.7 Å². The maximum absolute atomic E-state index is 12.4. The number of anilines is 2. The number of ether oxygens (including phenoxy) is 1. The molecular formula is C18H15BrN2O4. The Hall–Kier alpha value is -2.80. The van der Waals surface area contributed by atoms with Gasteiger partial charge in [-0.3, -0.25) is 9.59 Å². The van der Waals surface area contributed by atoms with Gasteiger partial charge in [0.1, 0.15) is 11.3 Å². The van der Waals surface area contributed by atoms with Crippen LogP contribution >= 0.6 is 15.9 Å². The summed E-state index contributed by atoms with van der Waals surface area (Å²) < 4.78 is 11.6. The molecule has 0 saturated heterocycles. The highest BCUT2D eigenvalue weighted by molar-refractivity contribution is 9.10. The van der Waals surface area contributed by atoms with Crippen LogP contribution in [0.4, 0.5) is 11.4 Å². The number of halogens is 1. The van der Waals surface area contributed by atoms with Gasteiger partial charge in [0.25, 0.3) is 5.91 Å². The molecule has 0 unspecified atom stereocenters. The number of rotatable bonds is 4. The van der Waals surface area contributed by atoms with Crippen molar-refractivity contribution in [2.45, 2.75) is 6.92 Å². The Kier molecular flexibility index (Phi) is 4.76. The van der Waals surface area contributed by atoms with E-state index in [-0.39, 0.29) is 17.6 Å². The summed E-state index contributed by atoms with van der Waals surface area (Å²) in [5.41, 5.74) is 1.59. The number of para-hydroxylation sites is 1. The maximum Gasteiger partial charge on any atom is 0.291 e. The number of methoxy groups -OCH3 is 1. The fourth-order valence-corrected chi connectivity index (χ4v) is 2.87. The van der Waals surface area contributed by atoms with Gasteiger partial charge in [0.05, 0.1) is 17.3 Å². The third-order valence-corrected chi connectivity index (χ3v) is 4.11. The van der Waals surface area contributed by atoms with Crippen LogP contribution in [0, 0.1) is 0 Å². The Morgan fingerprint density at radius 2 is 1.92 bits per heavy atom. The summed E-state index contributed by atoms with van der Waals surface area (Å²) in [6, 6.07) is 12.2. The lowest BCUT2D eigenvalue weighted by Crippen LogP contribution is -2.12. The third kappa shape index (κ3) is 3.66. The van der Waals surface area contributed by atoms with E-state index in [2.05, 4.69) is 26.6 Å². The summed E-state index contributed by atoms with van der Waals surface area (Å²) in [5.74, 6) is 0.0746. The zero-order chi connectivity index (χ0) is 18.0. The number of furan rings is 1. The van der Waals surface area contributed by atoms with Gasteiger partial charge in [-0.15, -0.1) is 0 Å². The van der Waals surface area contributed by atoms with Crippen LogP contribution < -0.4 is 15.4 Å². The standard InChI is InChI=1S/C18H15BrN2O4/c1-10(22)20-14-9-12(6-7-15(14)24-2)21-18(23)16-8-11-4-3-5-13(19)17(11)25-16/h3-9H,1-2H3,(H,20,22)(H,21,23). The van der Waals surface area contributed by atoms with Crippen molar-refractivity contribution < 1.29 is 18.7 Å². The van der Waals surface area contributed by atoms with Crippen LogP contribution in [0.15, 0.2) is 51.4 Å². The average molecular weight is 403 g/mol. The Morgan fingerprint density at radius 1 is 1.12 bits per heavy atom. The molecule has 0 fully saturated rings. The van der Waals surface area contributed by atoms with E-state index in [1.807, 2.05) is 18.2 Å². The molecule has 0 bridgehead atoms. The van der Waals surface area contributed by atoms with Gasteiger partial charge < -0.3 is 19.8 Å². The number of amides is 2. The third-order valence-electron chi connectivity index (χ3n) is 3.49. The van der Waals surface area contributed by atoms with E-state index >= 15 is 0 Å². The van der Waals surface area contributed by atoms with Gasteiger partial charge in [-0.1, -0.05) is 12.1 Å². The molecule has 0 aliphatic carbocycles. The highest BCUT2D eigenvalue weighted by atomic mass is 79.9. The summed E-state index contributed by atoms with van der Waals surface area (Å²) in [4.78, 5) is 23.7. The Bertz CT molecular complexity index is 965. The minimum Gasteiger partial charge on any atom is -0.495 e. The molecule has 2 aromatic carbocycles. The Balaban J connectivity index is 1.86. The molecule has 0 saturated carbocycles. The van der Waals surface area contributed by atoms with Crippen molar-refractivity contribution in [3.8, 4) is 5.75 Å². The molecule has 1 aromatic heterocycles. The second-order valence-electron chi connectivity index (χ2n) is 5.32. The van der Waals surface area contributed by atoms with Crippen LogP contribution in [0.25, 0.3) is 11.0 Å². The van der Waals surface area contributed by atoms with Gasteiger partial charge in [0, 0.05) is 18.0 Å². The van der Waals surface area contributed by atoms with Crippen molar-refractivity contribution in [3.63, 3.8) is 0 Å². The van der Waals surface area contributed by atoms with Gasteiger partial charge >= 0.3 is 0 Å². The first-order valence-electron chi connectivity index (χ1n) is 7.43. The van der Waals surface area contributed by atoms with Crippen molar-refractivity contribution in [1.82, 2.24) is 0 Å². The zero-order valence-electron chi connectivity index (χ0n) is 13.6. The molecule has 25 heavy (non-hydrogen) atoms. The monoisotopic (exact) mass is 402 g/mol. The second kappa shape index (κ2) is 6.98. The molecule has 2 amide bonds. The highest BCUT2D eigenvalue weighted by Gasteiger charge is 2.15. The van der Waals surface area contributed by atoms with E-state index in [0.717, 1.165) is 9.86 Å². The number of carbonyl (C=O) groups excluding carboxylic acids is 2. The number of carbonyl (C=O) groups is 2. The first kappa shape index (κ1) is 17.0. The first-order chi connectivity index (χ1) is 12.0. The molecule has 0 radical (unpaired) electrons. The number of fused-ring (bicyclic) bond motifs is 1. The molecule has 0 aliphatic rings. The minimum atomic E-state index is -0.387. The Labute approximate surface area is 152 Å². The number of benzene rings is 2. The number of nitrogens with one attached hydrogen (secondary N) is 2. The van der Waals surface area contributed by atoms with E-state index in [1.54, 1.807) is 24.3 Å². The van der Waals surface area contributed by atoms with Gasteiger partial charge in [-0.2, -0.15) is 0 Å². The molecule has 1 heterocycles. The fourth-order valence-electron chi connectivity index (χ4n) is 2.41. The smallest absolute Gasteiger partial charge is 0.291 e. The second-order valence-corrected chi connectivity index (χ2v) is 6.17. The molecule has 3 aromatic rings.